The minimum atomic E-state index is -3.08. The lowest BCUT2D eigenvalue weighted by molar-refractivity contribution is -0.144. The number of carboxylic acids is 1. The van der Waals surface area contributed by atoms with Gasteiger partial charge in [-0.15, -0.1) is 0 Å². The van der Waals surface area contributed by atoms with Gasteiger partial charge in [-0.2, -0.15) is 0 Å². The topological polar surface area (TPSA) is 104 Å². The SMILES string of the molecule is CC(C(=O)O)C1CN(C(=O)NCCS(C)(=O)=O)C1. The molecule has 8 heteroatoms. The number of hydrogen-bond acceptors (Lipinski definition) is 4. The van der Waals surface area contributed by atoms with E-state index in [0.29, 0.717) is 13.1 Å². The summed E-state index contributed by atoms with van der Waals surface area (Å²) in [5, 5.41) is 11.3. The van der Waals surface area contributed by atoms with E-state index in [1.54, 1.807) is 6.92 Å². The molecule has 0 aliphatic carbocycles. The van der Waals surface area contributed by atoms with E-state index < -0.39 is 21.7 Å². The van der Waals surface area contributed by atoms with Crippen LogP contribution in [0.3, 0.4) is 0 Å². The number of sulfone groups is 1. The summed E-state index contributed by atoms with van der Waals surface area (Å²) in [6.45, 7) is 2.50. The van der Waals surface area contributed by atoms with Gasteiger partial charge in [0.25, 0.3) is 0 Å². The van der Waals surface area contributed by atoms with Crippen molar-refractivity contribution in [3.63, 3.8) is 0 Å². The lowest BCUT2D eigenvalue weighted by Crippen LogP contribution is -2.56. The Labute approximate surface area is 106 Å². The molecule has 0 saturated carbocycles. The zero-order valence-corrected chi connectivity index (χ0v) is 11.2. The molecule has 18 heavy (non-hydrogen) atoms. The Bertz CT molecular complexity index is 428. The molecule has 1 unspecified atom stereocenters. The summed E-state index contributed by atoms with van der Waals surface area (Å²) in [7, 11) is -3.08. The third-order valence-electron chi connectivity index (χ3n) is 3.04. The van der Waals surface area contributed by atoms with Crippen LogP contribution < -0.4 is 5.32 Å². The number of nitrogens with one attached hydrogen (secondary N) is 1. The molecule has 2 N–H and O–H groups in total. The van der Waals surface area contributed by atoms with Crippen LogP contribution in [0.5, 0.6) is 0 Å². The summed E-state index contributed by atoms with van der Waals surface area (Å²) in [6.07, 6.45) is 1.10. The highest BCUT2D eigenvalue weighted by molar-refractivity contribution is 7.90. The number of nitrogens with zero attached hydrogens (tertiary/aromatic N) is 1. The van der Waals surface area contributed by atoms with E-state index in [1.165, 1.54) is 4.90 Å². The Kier molecular flexibility index (Phi) is 4.55. The average molecular weight is 278 g/mol. The highest BCUT2D eigenvalue weighted by Gasteiger charge is 2.37. The lowest BCUT2D eigenvalue weighted by atomic mass is 9.87. The van der Waals surface area contributed by atoms with Crippen LogP contribution >= 0.6 is 0 Å². The number of amides is 2. The first-order valence-corrected chi connectivity index (χ1v) is 7.70. The Morgan fingerprint density at radius 2 is 2.00 bits per heavy atom. The Balaban J connectivity index is 2.25. The second kappa shape index (κ2) is 5.55. The molecular weight excluding hydrogens is 260 g/mol. The minimum absolute atomic E-state index is 0.0249. The van der Waals surface area contributed by atoms with Crippen molar-refractivity contribution >= 4 is 21.8 Å². The second-order valence-corrected chi connectivity index (χ2v) is 6.91. The Morgan fingerprint density at radius 1 is 1.44 bits per heavy atom. The fraction of sp³-hybridized carbons (Fsp3) is 0.800. The summed E-state index contributed by atoms with van der Waals surface area (Å²) in [6, 6.07) is -0.340. The summed E-state index contributed by atoms with van der Waals surface area (Å²) < 4.78 is 21.7. The minimum Gasteiger partial charge on any atom is -0.481 e. The summed E-state index contributed by atoms with van der Waals surface area (Å²) in [5.74, 6) is -1.45. The number of likely N-dealkylation sites (tertiary alicyclic amines) is 1. The standard InChI is InChI=1S/C10H18N2O5S/c1-7(9(13)14)8-5-12(6-8)10(15)11-3-4-18(2,16)17/h7-8H,3-6H2,1-2H3,(H,11,15)(H,13,14). The molecule has 1 aliphatic rings. The number of rotatable bonds is 5. The largest absolute Gasteiger partial charge is 0.481 e. The monoisotopic (exact) mass is 278 g/mol. The third kappa shape index (κ3) is 4.17. The number of carboxylic acid groups (broad SMARTS) is 1. The van der Waals surface area contributed by atoms with Gasteiger partial charge in [0.15, 0.2) is 0 Å². The van der Waals surface area contributed by atoms with Gasteiger partial charge >= 0.3 is 12.0 Å². The zero-order valence-electron chi connectivity index (χ0n) is 10.4. The maximum absolute atomic E-state index is 11.5. The number of carbonyl (C=O) groups is 2. The molecule has 0 aromatic heterocycles. The van der Waals surface area contributed by atoms with Crippen LogP contribution in [0.1, 0.15) is 6.92 Å². The van der Waals surface area contributed by atoms with E-state index in [4.69, 9.17) is 5.11 Å². The molecule has 1 aliphatic heterocycles. The van der Waals surface area contributed by atoms with Gasteiger partial charge in [-0.25, -0.2) is 13.2 Å². The second-order valence-electron chi connectivity index (χ2n) is 4.65. The van der Waals surface area contributed by atoms with Gasteiger partial charge < -0.3 is 15.3 Å². The van der Waals surface area contributed by atoms with Crippen molar-refractivity contribution in [3.8, 4) is 0 Å². The van der Waals surface area contributed by atoms with Crippen molar-refractivity contribution in [2.75, 3.05) is 31.6 Å². The molecule has 1 atom stereocenters. The van der Waals surface area contributed by atoms with E-state index in [1.807, 2.05) is 0 Å². The maximum atomic E-state index is 11.5. The van der Waals surface area contributed by atoms with Crippen LogP contribution in [0.4, 0.5) is 4.79 Å². The van der Waals surface area contributed by atoms with Crippen molar-refractivity contribution < 1.29 is 23.1 Å². The van der Waals surface area contributed by atoms with Crippen molar-refractivity contribution in [2.45, 2.75) is 6.92 Å². The number of hydrogen-bond donors (Lipinski definition) is 2. The highest BCUT2D eigenvalue weighted by Crippen LogP contribution is 2.23. The Morgan fingerprint density at radius 3 is 2.44 bits per heavy atom. The first-order chi connectivity index (χ1) is 8.20. The van der Waals surface area contributed by atoms with Crippen molar-refractivity contribution in [2.24, 2.45) is 11.8 Å². The van der Waals surface area contributed by atoms with E-state index in [2.05, 4.69) is 5.32 Å². The predicted molar refractivity (Wildman–Crippen MR) is 65.0 cm³/mol. The molecule has 1 saturated heterocycles. The summed E-state index contributed by atoms with van der Waals surface area (Å²) in [5.41, 5.74) is 0. The average Bonchev–Trinajstić information content (AvgIpc) is 2.12. The highest BCUT2D eigenvalue weighted by atomic mass is 32.2. The summed E-state index contributed by atoms with van der Waals surface area (Å²) >= 11 is 0. The van der Waals surface area contributed by atoms with E-state index in [9.17, 15) is 18.0 Å². The predicted octanol–water partition coefficient (Wildman–Crippen LogP) is -0.607. The van der Waals surface area contributed by atoms with Gasteiger partial charge in [0, 0.05) is 31.8 Å². The molecule has 2 amide bonds. The third-order valence-corrected chi connectivity index (χ3v) is 3.99. The lowest BCUT2D eigenvalue weighted by Gasteiger charge is -2.41. The van der Waals surface area contributed by atoms with Gasteiger partial charge in [0.1, 0.15) is 9.84 Å². The normalized spacial score (nSPS) is 18.0. The molecule has 1 heterocycles. The molecule has 0 aromatic rings. The van der Waals surface area contributed by atoms with Crippen molar-refractivity contribution in [3.05, 3.63) is 0 Å². The molecule has 0 bridgehead atoms. The van der Waals surface area contributed by atoms with E-state index >= 15 is 0 Å². The van der Waals surface area contributed by atoms with Crippen LogP contribution in [0.25, 0.3) is 0 Å². The van der Waals surface area contributed by atoms with Gasteiger partial charge in [-0.1, -0.05) is 6.92 Å². The van der Waals surface area contributed by atoms with Crippen LogP contribution in [-0.4, -0.2) is 62.1 Å². The molecule has 0 radical (unpaired) electrons. The van der Waals surface area contributed by atoms with Crippen LogP contribution in [-0.2, 0) is 14.6 Å². The molecular formula is C10H18N2O5S. The fourth-order valence-corrected chi connectivity index (χ4v) is 2.12. The first-order valence-electron chi connectivity index (χ1n) is 5.64. The molecule has 0 spiro atoms. The van der Waals surface area contributed by atoms with Crippen LogP contribution in [0.2, 0.25) is 0 Å². The van der Waals surface area contributed by atoms with Gasteiger partial charge in [-0.05, 0) is 0 Å². The van der Waals surface area contributed by atoms with Gasteiger partial charge in [0.05, 0.1) is 11.7 Å². The number of carbonyl (C=O) groups excluding carboxylic acids is 1. The molecule has 1 rings (SSSR count). The molecule has 1 fully saturated rings. The Hall–Kier alpha value is -1.31. The van der Waals surface area contributed by atoms with Crippen LogP contribution in [0, 0.1) is 11.8 Å². The zero-order chi connectivity index (χ0) is 13.9. The van der Waals surface area contributed by atoms with Crippen LogP contribution in [0.15, 0.2) is 0 Å². The van der Waals surface area contributed by atoms with Crippen molar-refractivity contribution in [1.82, 2.24) is 10.2 Å². The maximum Gasteiger partial charge on any atom is 0.317 e. The molecule has 104 valence electrons. The van der Waals surface area contributed by atoms with E-state index in [0.717, 1.165) is 6.26 Å². The van der Waals surface area contributed by atoms with Gasteiger partial charge in [-0.3, -0.25) is 4.79 Å². The van der Waals surface area contributed by atoms with Gasteiger partial charge in [0.2, 0.25) is 0 Å². The molecule has 7 nitrogen and oxygen atoms in total. The quantitative estimate of drug-likeness (QED) is 0.698. The smallest absolute Gasteiger partial charge is 0.317 e. The molecule has 0 aromatic carbocycles. The van der Waals surface area contributed by atoms with Crippen molar-refractivity contribution in [1.29, 1.82) is 0 Å². The first kappa shape index (κ1) is 14.7. The number of aliphatic carboxylic acids is 1. The summed E-state index contributed by atoms with van der Waals surface area (Å²) in [4.78, 5) is 23.7. The number of urea groups is 1. The van der Waals surface area contributed by atoms with E-state index in [-0.39, 0.29) is 24.2 Å². The fourth-order valence-electron chi connectivity index (χ4n) is 1.65.